The Balaban J connectivity index is 1.55. The van der Waals surface area contributed by atoms with Crippen molar-refractivity contribution in [2.45, 2.75) is 24.9 Å². The summed E-state index contributed by atoms with van der Waals surface area (Å²) in [6.07, 6.45) is 1.46. The maximum Gasteiger partial charge on any atom is 0.237 e. The topological polar surface area (TPSA) is 41.1 Å². The number of amides is 1. The number of piperazine rings is 1. The minimum absolute atomic E-state index is 0.0464. The van der Waals surface area contributed by atoms with Crippen molar-refractivity contribution in [1.29, 1.82) is 0 Å². The number of rotatable bonds is 4. The van der Waals surface area contributed by atoms with Gasteiger partial charge in [0, 0.05) is 22.6 Å². The van der Waals surface area contributed by atoms with Crippen LogP contribution in [-0.2, 0) is 17.6 Å². The molecule has 2 aromatic rings. The lowest BCUT2D eigenvalue weighted by molar-refractivity contribution is -0.125. The highest BCUT2D eigenvalue weighted by Gasteiger charge is 2.27. The minimum Gasteiger partial charge on any atom is -0.350 e. The van der Waals surface area contributed by atoms with Gasteiger partial charge in [0.15, 0.2) is 0 Å². The molecule has 0 bridgehead atoms. The molecule has 0 aromatic heterocycles. The maximum absolute atomic E-state index is 12.3. The van der Waals surface area contributed by atoms with Gasteiger partial charge in [-0.05, 0) is 48.2 Å². The van der Waals surface area contributed by atoms with Gasteiger partial charge in [-0.3, -0.25) is 4.79 Å². The van der Waals surface area contributed by atoms with E-state index < -0.39 is 0 Å². The molecule has 0 aliphatic carbocycles. The fourth-order valence-electron chi connectivity index (χ4n) is 2.78. The summed E-state index contributed by atoms with van der Waals surface area (Å²) in [5, 5.41) is 7.87. The molecule has 2 N–H and O–H groups in total. The van der Waals surface area contributed by atoms with Crippen LogP contribution in [0, 0.1) is 0 Å². The molecule has 0 radical (unpaired) electrons. The smallest absolute Gasteiger partial charge is 0.237 e. The molecule has 1 amide bonds. The molecule has 0 spiro atoms. The summed E-state index contributed by atoms with van der Waals surface area (Å²) in [5.41, 5.74) is 2.26. The van der Waals surface area contributed by atoms with E-state index in [0.717, 1.165) is 29.1 Å². The molecule has 1 saturated heterocycles. The van der Waals surface area contributed by atoms with E-state index in [-0.39, 0.29) is 18.0 Å². The highest BCUT2D eigenvalue weighted by atomic mass is 35.5. The van der Waals surface area contributed by atoms with Crippen molar-refractivity contribution >= 4 is 29.1 Å². The van der Waals surface area contributed by atoms with Gasteiger partial charge in [-0.2, -0.15) is 0 Å². The maximum atomic E-state index is 12.3. The van der Waals surface area contributed by atoms with Gasteiger partial charge in [0.25, 0.3) is 0 Å². The van der Waals surface area contributed by atoms with Crippen molar-refractivity contribution in [2.24, 2.45) is 0 Å². The lowest BCUT2D eigenvalue weighted by Gasteiger charge is -2.30. The zero-order valence-electron chi connectivity index (χ0n) is 12.6. The number of hydrogen-bond acceptors (Lipinski definition) is 2. The lowest BCUT2D eigenvalue weighted by atomic mass is 9.99. The van der Waals surface area contributed by atoms with Gasteiger partial charge in [0.2, 0.25) is 5.91 Å². The number of carbonyl (C=O) groups excluding carboxylic acids is 1. The van der Waals surface area contributed by atoms with E-state index in [0.29, 0.717) is 11.4 Å². The predicted molar refractivity (Wildman–Crippen MR) is 94.0 cm³/mol. The Hall–Kier alpha value is -1.55. The third-order valence-corrected chi connectivity index (χ3v) is 4.53. The first-order chi connectivity index (χ1) is 11.1. The van der Waals surface area contributed by atoms with Crippen molar-refractivity contribution in [1.82, 2.24) is 10.6 Å². The van der Waals surface area contributed by atoms with E-state index in [1.54, 1.807) is 0 Å². The molecule has 1 fully saturated rings. The van der Waals surface area contributed by atoms with E-state index in [2.05, 4.69) is 10.6 Å². The Kier molecular flexibility index (Phi) is 5.21. The van der Waals surface area contributed by atoms with Crippen molar-refractivity contribution < 1.29 is 4.79 Å². The minimum atomic E-state index is -0.197. The Morgan fingerprint density at radius 2 is 1.39 bits per heavy atom. The first-order valence-corrected chi connectivity index (χ1v) is 8.38. The molecule has 5 heteroatoms. The predicted octanol–water partition coefficient (Wildman–Crippen LogP) is 3.24. The molecule has 1 aliphatic rings. The third-order valence-electron chi connectivity index (χ3n) is 4.02. The summed E-state index contributed by atoms with van der Waals surface area (Å²) in [4.78, 5) is 12.3. The summed E-state index contributed by atoms with van der Waals surface area (Å²) in [5.74, 6) is 0.0464. The highest BCUT2D eigenvalue weighted by Crippen LogP contribution is 2.14. The summed E-state index contributed by atoms with van der Waals surface area (Å²) in [6, 6.07) is 15.2. The van der Waals surface area contributed by atoms with Gasteiger partial charge >= 0.3 is 0 Å². The summed E-state index contributed by atoms with van der Waals surface area (Å²) in [7, 11) is 0. The van der Waals surface area contributed by atoms with Crippen LogP contribution < -0.4 is 10.6 Å². The second kappa shape index (κ2) is 7.35. The summed E-state index contributed by atoms with van der Waals surface area (Å²) in [6.45, 7) is 0.757. The second-order valence-corrected chi connectivity index (χ2v) is 6.70. The number of nitrogens with one attached hydrogen (secondary N) is 2. The Morgan fingerprint density at radius 3 is 1.91 bits per heavy atom. The first-order valence-electron chi connectivity index (χ1n) is 7.63. The van der Waals surface area contributed by atoms with Crippen LogP contribution in [0.15, 0.2) is 48.5 Å². The van der Waals surface area contributed by atoms with E-state index >= 15 is 0 Å². The molecule has 1 heterocycles. The zero-order valence-corrected chi connectivity index (χ0v) is 14.1. The monoisotopic (exact) mass is 348 g/mol. The van der Waals surface area contributed by atoms with Crippen molar-refractivity contribution in [3.8, 4) is 0 Å². The van der Waals surface area contributed by atoms with E-state index in [1.165, 1.54) is 0 Å². The van der Waals surface area contributed by atoms with Crippen LogP contribution in [0.3, 0.4) is 0 Å². The average Bonchev–Trinajstić information content (AvgIpc) is 2.54. The quantitative estimate of drug-likeness (QED) is 0.890. The molecule has 3 rings (SSSR count). The number of benzene rings is 2. The second-order valence-electron chi connectivity index (χ2n) is 5.83. The van der Waals surface area contributed by atoms with Gasteiger partial charge in [0.1, 0.15) is 0 Å². The van der Waals surface area contributed by atoms with Crippen LogP contribution in [0.5, 0.6) is 0 Å². The first kappa shape index (κ1) is 16.3. The van der Waals surface area contributed by atoms with Crippen molar-refractivity contribution in [2.75, 3.05) is 6.54 Å². The largest absolute Gasteiger partial charge is 0.350 e. The summed E-state index contributed by atoms with van der Waals surface area (Å²) >= 11 is 11.8. The van der Waals surface area contributed by atoms with Crippen molar-refractivity contribution in [3.63, 3.8) is 0 Å². The molecule has 2 aromatic carbocycles. The third kappa shape index (κ3) is 4.47. The zero-order chi connectivity index (χ0) is 16.2. The van der Waals surface area contributed by atoms with E-state index in [9.17, 15) is 4.79 Å². The van der Waals surface area contributed by atoms with Gasteiger partial charge in [0.05, 0.1) is 6.04 Å². The molecular weight excluding hydrogens is 331 g/mol. The van der Waals surface area contributed by atoms with Gasteiger partial charge < -0.3 is 10.6 Å². The SMILES string of the molecule is O=C1NC(Cc2ccc(Cl)cc2)CNC1Cc1ccc(Cl)cc1. The number of halogens is 2. The van der Waals surface area contributed by atoms with Crippen LogP contribution >= 0.6 is 23.2 Å². The normalized spacial score (nSPS) is 21.0. The highest BCUT2D eigenvalue weighted by molar-refractivity contribution is 6.30. The number of hydrogen-bond donors (Lipinski definition) is 2. The van der Waals surface area contributed by atoms with Gasteiger partial charge in [-0.1, -0.05) is 47.5 Å². The molecule has 0 saturated carbocycles. The van der Waals surface area contributed by atoms with Crippen LogP contribution in [0.2, 0.25) is 10.0 Å². The van der Waals surface area contributed by atoms with Crippen LogP contribution in [0.4, 0.5) is 0 Å². The Morgan fingerprint density at radius 1 is 0.870 bits per heavy atom. The molecular formula is C18H18Cl2N2O. The molecule has 120 valence electrons. The average molecular weight is 349 g/mol. The standard InChI is InChI=1S/C18H18Cl2N2O/c19-14-5-1-12(2-6-14)9-16-11-21-17(18(23)22-16)10-13-3-7-15(20)8-4-13/h1-8,16-17,21H,9-11H2,(H,22,23). The Labute approximate surface area is 146 Å². The van der Waals surface area contributed by atoms with E-state index in [1.807, 2.05) is 48.5 Å². The van der Waals surface area contributed by atoms with Crippen LogP contribution in [0.1, 0.15) is 11.1 Å². The molecule has 1 aliphatic heterocycles. The molecule has 2 unspecified atom stereocenters. The van der Waals surface area contributed by atoms with Crippen LogP contribution in [0.25, 0.3) is 0 Å². The molecule has 2 atom stereocenters. The fourth-order valence-corrected chi connectivity index (χ4v) is 3.03. The fraction of sp³-hybridized carbons (Fsp3) is 0.278. The van der Waals surface area contributed by atoms with Crippen LogP contribution in [-0.4, -0.2) is 24.5 Å². The van der Waals surface area contributed by atoms with Crippen molar-refractivity contribution in [3.05, 3.63) is 69.7 Å². The van der Waals surface area contributed by atoms with E-state index in [4.69, 9.17) is 23.2 Å². The number of carbonyl (C=O) groups is 1. The lowest BCUT2D eigenvalue weighted by Crippen LogP contribution is -2.59. The van der Waals surface area contributed by atoms with Gasteiger partial charge in [-0.25, -0.2) is 0 Å². The van der Waals surface area contributed by atoms with Gasteiger partial charge in [-0.15, -0.1) is 0 Å². The summed E-state index contributed by atoms with van der Waals surface area (Å²) < 4.78 is 0. The molecule has 3 nitrogen and oxygen atoms in total. The Bertz CT molecular complexity index is 670. The molecule has 23 heavy (non-hydrogen) atoms.